The lowest BCUT2D eigenvalue weighted by molar-refractivity contribution is 0.00198. The van der Waals surface area contributed by atoms with Crippen LogP contribution >= 0.6 is 15.9 Å². The van der Waals surface area contributed by atoms with E-state index in [-0.39, 0.29) is 18.0 Å². The van der Waals surface area contributed by atoms with E-state index in [1.54, 1.807) is 21.9 Å². The van der Waals surface area contributed by atoms with Gasteiger partial charge in [0.15, 0.2) is 0 Å². The van der Waals surface area contributed by atoms with Crippen molar-refractivity contribution in [2.45, 2.75) is 39.3 Å². The molecule has 1 aliphatic rings. The summed E-state index contributed by atoms with van der Waals surface area (Å²) >= 11 is 3.36. The minimum atomic E-state index is -0.513. The van der Waals surface area contributed by atoms with E-state index in [1.165, 1.54) is 0 Å². The highest BCUT2D eigenvalue weighted by Gasteiger charge is 2.32. The summed E-state index contributed by atoms with van der Waals surface area (Å²) in [5, 5.41) is 0. The number of hydrogen-bond donors (Lipinski definition) is 0. The first-order valence-electron chi connectivity index (χ1n) is 7.72. The average Bonchev–Trinajstić information content (AvgIpc) is 2.45. The molecule has 0 N–H and O–H groups in total. The molecule has 6 heteroatoms. The van der Waals surface area contributed by atoms with Gasteiger partial charge >= 0.3 is 6.09 Å². The fraction of sp³-hybridized carbons (Fsp3) is 0.529. The van der Waals surface area contributed by atoms with Gasteiger partial charge in [-0.1, -0.05) is 15.9 Å². The fourth-order valence-corrected chi connectivity index (χ4v) is 2.77. The normalized spacial score (nSPS) is 18.7. The van der Waals surface area contributed by atoms with Gasteiger partial charge in [-0.3, -0.25) is 4.79 Å². The van der Waals surface area contributed by atoms with Gasteiger partial charge in [-0.25, -0.2) is 4.79 Å². The SMILES string of the molecule is C[C@@H]1CN(C(=O)c2ccc(Br)cc2)CCN1C(=O)OC(C)(C)C. The Labute approximate surface area is 145 Å². The summed E-state index contributed by atoms with van der Waals surface area (Å²) in [7, 11) is 0. The summed E-state index contributed by atoms with van der Waals surface area (Å²) < 4.78 is 6.36. The number of rotatable bonds is 1. The van der Waals surface area contributed by atoms with Crippen molar-refractivity contribution in [2.24, 2.45) is 0 Å². The Kier molecular flexibility index (Phi) is 5.34. The molecule has 23 heavy (non-hydrogen) atoms. The fourth-order valence-electron chi connectivity index (χ4n) is 2.51. The van der Waals surface area contributed by atoms with E-state index in [1.807, 2.05) is 39.8 Å². The zero-order chi connectivity index (χ0) is 17.2. The number of benzene rings is 1. The van der Waals surface area contributed by atoms with Crippen molar-refractivity contribution in [1.82, 2.24) is 9.80 Å². The summed E-state index contributed by atoms with van der Waals surface area (Å²) in [6.07, 6.45) is -0.319. The van der Waals surface area contributed by atoms with Crippen LogP contribution in [0.1, 0.15) is 38.1 Å². The van der Waals surface area contributed by atoms with Crippen LogP contribution in [0.4, 0.5) is 4.79 Å². The van der Waals surface area contributed by atoms with Crippen molar-refractivity contribution in [2.75, 3.05) is 19.6 Å². The average molecular weight is 383 g/mol. The summed E-state index contributed by atoms with van der Waals surface area (Å²) in [4.78, 5) is 28.2. The molecule has 1 aromatic carbocycles. The van der Waals surface area contributed by atoms with Crippen molar-refractivity contribution in [3.8, 4) is 0 Å². The van der Waals surface area contributed by atoms with Gasteiger partial charge in [0.2, 0.25) is 0 Å². The number of piperazine rings is 1. The van der Waals surface area contributed by atoms with Crippen LogP contribution in [0.25, 0.3) is 0 Å². The van der Waals surface area contributed by atoms with Crippen LogP contribution in [0, 0.1) is 0 Å². The summed E-state index contributed by atoms with van der Waals surface area (Å²) in [5.41, 5.74) is 0.146. The highest BCUT2D eigenvalue weighted by molar-refractivity contribution is 9.10. The van der Waals surface area contributed by atoms with E-state index in [9.17, 15) is 9.59 Å². The van der Waals surface area contributed by atoms with Gasteiger partial charge in [0.25, 0.3) is 5.91 Å². The van der Waals surface area contributed by atoms with Crippen molar-refractivity contribution in [1.29, 1.82) is 0 Å². The smallest absolute Gasteiger partial charge is 0.410 e. The maximum absolute atomic E-state index is 12.5. The molecule has 0 unspecified atom stereocenters. The van der Waals surface area contributed by atoms with Gasteiger partial charge in [-0.05, 0) is 52.0 Å². The second kappa shape index (κ2) is 6.91. The summed E-state index contributed by atoms with van der Waals surface area (Å²) in [5.74, 6) is -0.00631. The van der Waals surface area contributed by atoms with Gasteiger partial charge < -0.3 is 14.5 Å². The van der Waals surface area contributed by atoms with Crippen LogP contribution in [0.5, 0.6) is 0 Å². The standard InChI is InChI=1S/C17H23BrN2O3/c1-12-11-19(15(21)13-5-7-14(18)8-6-13)9-10-20(12)16(22)23-17(2,3)4/h5-8,12H,9-11H2,1-4H3/t12-/m1/s1. The second-order valence-electron chi connectivity index (χ2n) is 6.78. The monoisotopic (exact) mass is 382 g/mol. The predicted molar refractivity (Wildman–Crippen MR) is 92.4 cm³/mol. The molecule has 0 radical (unpaired) electrons. The number of carbonyl (C=O) groups excluding carboxylic acids is 2. The molecule has 2 amide bonds. The lowest BCUT2D eigenvalue weighted by Crippen LogP contribution is -2.56. The first kappa shape index (κ1) is 17.8. The van der Waals surface area contributed by atoms with Crippen LogP contribution in [0.3, 0.4) is 0 Å². The van der Waals surface area contributed by atoms with E-state index >= 15 is 0 Å². The molecule has 1 aromatic rings. The number of hydrogen-bond acceptors (Lipinski definition) is 3. The topological polar surface area (TPSA) is 49.9 Å². The Balaban J connectivity index is 1.99. The Morgan fingerprint density at radius 2 is 1.78 bits per heavy atom. The van der Waals surface area contributed by atoms with Crippen LogP contribution in [0.15, 0.2) is 28.7 Å². The van der Waals surface area contributed by atoms with E-state index < -0.39 is 5.60 Å². The van der Waals surface area contributed by atoms with E-state index in [4.69, 9.17) is 4.74 Å². The van der Waals surface area contributed by atoms with E-state index in [0.717, 1.165) is 4.47 Å². The van der Waals surface area contributed by atoms with Crippen molar-refractivity contribution < 1.29 is 14.3 Å². The minimum absolute atomic E-state index is 0.00631. The van der Waals surface area contributed by atoms with Crippen molar-refractivity contribution >= 4 is 27.9 Å². The predicted octanol–water partition coefficient (Wildman–Crippen LogP) is 3.53. The summed E-state index contributed by atoms with van der Waals surface area (Å²) in [6.45, 7) is 8.99. The molecule has 5 nitrogen and oxygen atoms in total. The highest BCUT2D eigenvalue weighted by atomic mass is 79.9. The zero-order valence-electron chi connectivity index (χ0n) is 14.0. The molecular formula is C17H23BrN2O3. The molecule has 0 saturated carbocycles. The highest BCUT2D eigenvalue weighted by Crippen LogP contribution is 2.18. The Bertz CT molecular complexity index is 580. The molecule has 2 rings (SSSR count). The maximum Gasteiger partial charge on any atom is 0.410 e. The minimum Gasteiger partial charge on any atom is -0.444 e. The first-order chi connectivity index (χ1) is 10.7. The van der Waals surface area contributed by atoms with Gasteiger partial charge in [0.05, 0.1) is 0 Å². The number of carbonyl (C=O) groups is 2. The summed E-state index contributed by atoms with van der Waals surface area (Å²) in [6, 6.07) is 7.24. The molecule has 1 aliphatic heterocycles. The van der Waals surface area contributed by atoms with Crippen molar-refractivity contribution in [3.05, 3.63) is 34.3 Å². The number of nitrogens with zero attached hydrogens (tertiary/aromatic N) is 2. The third kappa shape index (κ3) is 4.70. The molecule has 0 spiro atoms. The molecule has 1 saturated heterocycles. The Morgan fingerprint density at radius 3 is 2.30 bits per heavy atom. The van der Waals surface area contributed by atoms with E-state index in [0.29, 0.717) is 25.2 Å². The second-order valence-corrected chi connectivity index (χ2v) is 7.70. The number of halogens is 1. The van der Waals surface area contributed by atoms with Crippen LogP contribution in [-0.4, -0.2) is 53.1 Å². The largest absolute Gasteiger partial charge is 0.444 e. The van der Waals surface area contributed by atoms with E-state index in [2.05, 4.69) is 15.9 Å². The maximum atomic E-state index is 12.5. The zero-order valence-corrected chi connectivity index (χ0v) is 15.6. The van der Waals surface area contributed by atoms with Gasteiger partial charge in [-0.15, -0.1) is 0 Å². The number of amides is 2. The molecule has 1 atom stereocenters. The van der Waals surface area contributed by atoms with Gasteiger partial charge in [0.1, 0.15) is 5.60 Å². The Hall–Kier alpha value is -1.56. The molecule has 1 heterocycles. The number of ether oxygens (including phenoxy) is 1. The van der Waals surface area contributed by atoms with Gasteiger partial charge in [-0.2, -0.15) is 0 Å². The van der Waals surface area contributed by atoms with Crippen LogP contribution in [0.2, 0.25) is 0 Å². The third-order valence-corrected chi connectivity index (χ3v) is 4.16. The third-order valence-electron chi connectivity index (χ3n) is 3.63. The molecule has 0 aliphatic carbocycles. The molecule has 0 aromatic heterocycles. The molecular weight excluding hydrogens is 360 g/mol. The lowest BCUT2D eigenvalue weighted by atomic mass is 10.1. The first-order valence-corrected chi connectivity index (χ1v) is 8.51. The molecule has 1 fully saturated rings. The van der Waals surface area contributed by atoms with Gasteiger partial charge in [0, 0.05) is 35.7 Å². The molecule has 126 valence electrons. The Morgan fingerprint density at radius 1 is 1.17 bits per heavy atom. The van der Waals surface area contributed by atoms with Crippen LogP contribution < -0.4 is 0 Å². The van der Waals surface area contributed by atoms with Crippen molar-refractivity contribution in [3.63, 3.8) is 0 Å². The molecule has 0 bridgehead atoms. The van der Waals surface area contributed by atoms with Crippen LogP contribution in [-0.2, 0) is 4.74 Å². The quantitative estimate of drug-likeness (QED) is 0.746. The lowest BCUT2D eigenvalue weighted by Gasteiger charge is -2.40.